The van der Waals surface area contributed by atoms with E-state index in [1.807, 2.05) is 42.5 Å². The SMILES string of the molecule is N#Cc1ccc(-c2ccc(-c3cc(-c4ccc5cc(-c6ccc7c(c6)C(c6ccccc6)(c6ccccc6)c6ccccc6-7)ccc5c4)nc(-c4ccccc4)n3)c3ccccc23)cc1. The molecule has 0 amide bonds. The van der Waals surface area contributed by atoms with Gasteiger partial charge in [-0.05, 0) is 114 Å². The second-order valence-electron chi connectivity index (χ2n) is 16.8. The van der Waals surface area contributed by atoms with E-state index in [4.69, 9.17) is 9.97 Å². The molecule has 12 rings (SSSR count). The van der Waals surface area contributed by atoms with Crippen LogP contribution in [0.25, 0.3) is 88.8 Å². The molecule has 0 saturated carbocycles. The first-order valence-electron chi connectivity index (χ1n) is 22.0. The molecule has 0 unspecified atom stereocenters. The molecule has 10 aromatic carbocycles. The van der Waals surface area contributed by atoms with E-state index < -0.39 is 5.41 Å². The highest BCUT2D eigenvalue weighted by atomic mass is 14.9. The van der Waals surface area contributed by atoms with E-state index in [1.165, 1.54) is 44.5 Å². The third-order valence-corrected chi connectivity index (χ3v) is 13.2. The topological polar surface area (TPSA) is 49.6 Å². The van der Waals surface area contributed by atoms with Crippen molar-refractivity contribution < 1.29 is 0 Å². The van der Waals surface area contributed by atoms with E-state index >= 15 is 0 Å². The summed E-state index contributed by atoms with van der Waals surface area (Å²) in [7, 11) is 0. The molecule has 1 heterocycles. The Morgan fingerprint density at radius 3 is 1.55 bits per heavy atom. The molecule has 0 bridgehead atoms. The van der Waals surface area contributed by atoms with Crippen LogP contribution in [-0.2, 0) is 5.41 Å². The van der Waals surface area contributed by atoms with Crippen LogP contribution in [0.5, 0.6) is 0 Å². The van der Waals surface area contributed by atoms with Gasteiger partial charge in [-0.1, -0.05) is 200 Å². The molecule has 3 nitrogen and oxygen atoms in total. The van der Waals surface area contributed by atoms with Crippen molar-refractivity contribution in [2.75, 3.05) is 0 Å². The molecule has 0 aliphatic heterocycles. The fraction of sp³-hybridized carbons (Fsp3) is 0.0161. The molecule has 1 aromatic heterocycles. The second kappa shape index (κ2) is 15.6. The van der Waals surface area contributed by atoms with E-state index in [-0.39, 0.29) is 0 Å². The number of nitriles is 1. The molecule has 302 valence electrons. The van der Waals surface area contributed by atoms with Crippen LogP contribution in [0.3, 0.4) is 0 Å². The molecule has 0 fully saturated rings. The molecule has 1 aliphatic carbocycles. The van der Waals surface area contributed by atoms with Crippen molar-refractivity contribution in [2.24, 2.45) is 0 Å². The van der Waals surface area contributed by atoms with Gasteiger partial charge < -0.3 is 0 Å². The van der Waals surface area contributed by atoms with E-state index in [2.05, 4.69) is 200 Å². The summed E-state index contributed by atoms with van der Waals surface area (Å²) in [5.74, 6) is 0.676. The molecule has 1 aliphatic rings. The molecular weight excluding hydrogens is 787 g/mol. The van der Waals surface area contributed by atoms with Gasteiger partial charge in [0.25, 0.3) is 0 Å². The Morgan fingerprint density at radius 1 is 0.338 bits per heavy atom. The summed E-state index contributed by atoms with van der Waals surface area (Å²) in [4.78, 5) is 10.4. The summed E-state index contributed by atoms with van der Waals surface area (Å²) in [6.07, 6.45) is 0. The summed E-state index contributed by atoms with van der Waals surface area (Å²) in [5.41, 5.74) is 17.1. The highest BCUT2D eigenvalue weighted by Gasteiger charge is 2.46. The van der Waals surface area contributed by atoms with E-state index in [1.54, 1.807) is 0 Å². The lowest BCUT2D eigenvalue weighted by Crippen LogP contribution is -2.28. The number of nitrogens with zero attached hydrogens (tertiary/aromatic N) is 3. The Balaban J connectivity index is 0.960. The molecular formula is C62H39N3. The highest BCUT2D eigenvalue weighted by Crippen LogP contribution is 2.56. The number of benzene rings is 10. The zero-order valence-electron chi connectivity index (χ0n) is 35.4. The predicted octanol–water partition coefficient (Wildman–Crippen LogP) is 15.4. The first kappa shape index (κ1) is 38.0. The van der Waals surface area contributed by atoms with Gasteiger partial charge in [-0.25, -0.2) is 9.97 Å². The minimum absolute atomic E-state index is 0.454. The van der Waals surface area contributed by atoms with Gasteiger partial charge in [-0.3, -0.25) is 0 Å². The van der Waals surface area contributed by atoms with Crippen molar-refractivity contribution in [3.8, 4) is 73.4 Å². The van der Waals surface area contributed by atoms with E-state index in [9.17, 15) is 5.26 Å². The Morgan fingerprint density at radius 2 is 0.846 bits per heavy atom. The highest BCUT2D eigenvalue weighted by molar-refractivity contribution is 6.05. The van der Waals surface area contributed by atoms with Gasteiger partial charge in [0.05, 0.1) is 28.4 Å². The molecule has 0 saturated heterocycles. The quantitative estimate of drug-likeness (QED) is 0.161. The Hall–Kier alpha value is -8.71. The normalized spacial score (nSPS) is 12.4. The van der Waals surface area contributed by atoms with Crippen LogP contribution >= 0.6 is 0 Å². The fourth-order valence-corrected chi connectivity index (χ4v) is 10.2. The van der Waals surface area contributed by atoms with Crippen molar-refractivity contribution in [3.63, 3.8) is 0 Å². The third-order valence-electron chi connectivity index (χ3n) is 13.2. The largest absolute Gasteiger partial charge is 0.228 e. The van der Waals surface area contributed by atoms with Gasteiger partial charge in [0.15, 0.2) is 5.82 Å². The van der Waals surface area contributed by atoms with Crippen molar-refractivity contribution in [3.05, 3.63) is 264 Å². The third kappa shape index (κ3) is 6.35. The fourth-order valence-electron chi connectivity index (χ4n) is 10.2. The van der Waals surface area contributed by atoms with Crippen LogP contribution in [0.15, 0.2) is 237 Å². The first-order valence-corrected chi connectivity index (χ1v) is 22.0. The summed E-state index contributed by atoms with van der Waals surface area (Å²) < 4.78 is 0. The van der Waals surface area contributed by atoms with Gasteiger partial charge in [0, 0.05) is 16.7 Å². The van der Waals surface area contributed by atoms with Crippen molar-refractivity contribution in [2.45, 2.75) is 5.41 Å². The van der Waals surface area contributed by atoms with Crippen molar-refractivity contribution in [1.82, 2.24) is 9.97 Å². The van der Waals surface area contributed by atoms with Crippen LogP contribution < -0.4 is 0 Å². The molecule has 0 spiro atoms. The van der Waals surface area contributed by atoms with E-state index in [0.29, 0.717) is 11.4 Å². The van der Waals surface area contributed by atoms with Crippen LogP contribution in [-0.4, -0.2) is 9.97 Å². The zero-order valence-corrected chi connectivity index (χ0v) is 35.4. The predicted molar refractivity (Wildman–Crippen MR) is 266 cm³/mol. The van der Waals surface area contributed by atoms with Crippen LogP contribution in [0.1, 0.15) is 27.8 Å². The first-order chi connectivity index (χ1) is 32.2. The number of hydrogen-bond acceptors (Lipinski definition) is 3. The van der Waals surface area contributed by atoms with Crippen molar-refractivity contribution in [1.29, 1.82) is 5.26 Å². The summed E-state index contributed by atoms with van der Waals surface area (Å²) in [5, 5.41) is 13.9. The van der Waals surface area contributed by atoms with Crippen LogP contribution in [0, 0.1) is 11.3 Å². The van der Waals surface area contributed by atoms with Gasteiger partial charge in [-0.15, -0.1) is 0 Å². The lowest BCUT2D eigenvalue weighted by atomic mass is 9.67. The van der Waals surface area contributed by atoms with Crippen LogP contribution in [0.2, 0.25) is 0 Å². The van der Waals surface area contributed by atoms with Crippen LogP contribution in [0.4, 0.5) is 0 Å². The number of hydrogen-bond donors (Lipinski definition) is 0. The molecule has 3 heteroatoms. The Bertz CT molecular complexity index is 3610. The molecule has 65 heavy (non-hydrogen) atoms. The minimum atomic E-state index is -0.454. The van der Waals surface area contributed by atoms with E-state index in [0.717, 1.165) is 60.8 Å². The van der Waals surface area contributed by atoms with Gasteiger partial charge in [-0.2, -0.15) is 5.26 Å². The maximum atomic E-state index is 9.41. The van der Waals surface area contributed by atoms with Gasteiger partial charge in [0.1, 0.15) is 0 Å². The van der Waals surface area contributed by atoms with Gasteiger partial charge in [0.2, 0.25) is 0 Å². The molecule has 0 atom stereocenters. The number of aromatic nitrogens is 2. The van der Waals surface area contributed by atoms with Gasteiger partial charge >= 0.3 is 0 Å². The minimum Gasteiger partial charge on any atom is -0.228 e. The number of fused-ring (bicyclic) bond motifs is 5. The molecule has 0 N–H and O–H groups in total. The lowest BCUT2D eigenvalue weighted by molar-refractivity contribution is 0.769. The summed E-state index contributed by atoms with van der Waals surface area (Å²) >= 11 is 0. The monoisotopic (exact) mass is 825 g/mol. The maximum absolute atomic E-state index is 9.41. The standard InChI is InChI=1S/C62H39N3/c63-40-41-24-26-42(27-25-41)51-34-35-56(53-21-11-10-20-52(51)53)60-39-59(64-61(65-60)43-14-4-1-5-15-43)48-31-30-44-36-45(28-29-46(44)37-48)47-32-33-55-54-22-12-13-23-57(54)62(58(55)38-47,49-16-6-2-7-17-49)50-18-8-3-9-19-50/h1-39H. The number of rotatable bonds is 7. The second-order valence-corrected chi connectivity index (χ2v) is 16.8. The smallest absolute Gasteiger partial charge is 0.160 e. The Kier molecular flexibility index (Phi) is 9.11. The molecule has 0 radical (unpaired) electrons. The average Bonchev–Trinajstić information content (AvgIpc) is 3.69. The maximum Gasteiger partial charge on any atom is 0.160 e. The summed E-state index contributed by atoms with van der Waals surface area (Å²) in [6.45, 7) is 0. The average molecular weight is 826 g/mol. The van der Waals surface area contributed by atoms with Crippen molar-refractivity contribution >= 4 is 21.5 Å². The lowest BCUT2D eigenvalue weighted by Gasteiger charge is -2.34. The molecule has 11 aromatic rings. The zero-order chi connectivity index (χ0) is 43.3. The summed E-state index contributed by atoms with van der Waals surface area (Å²) in [6, 6.07) is 86.6. The Labute approximate surface area is 378 Å².